The zero-order chi connectivity index (χ0) is 15.1. The van der Waals surface area contributed by atoms with E-state index in [4.69, 9.17) is 9.94 Å². The molecule has 0 aromatic heterocycles. The van der Waals surface area contributed by atoms with Crippen LogP contribution in [0, 0.1) is 0 Å². The van der Waals surface area contributed by atoms with E-state index in [1.165, 1.54) is 0 Å². The first-order chi connectivity index (χ1) is 10.2. The molecular weight excluding hydrogens is 286 g/mol. The molecule has 4 nitrogen and oxygen atoms in total. The number of methoxy groups -OCH3 is 1. The zero-order valence-electron chi connectivity index (χ0n) is 11.7. The fourth-order valence-corrected chi connectivity index (χ4v) is 3.08. The first kappa shape index (κ1) is 15.4. The maximum absolute atomic E-state index is 11.5. The fraction of sp³-hybridized carbons (Fsp3) is 0.188. The van der Waals surface area contributed by atoms with Crippen molar-refractivity contribution in [1.82, 2.24) is 5.48 Å². The molecule has 0 spiro atoms. The van der Waals surface area contributed by atoms with Crippen molar-refractivity contribution in [2.24, 2.45) is 0 Å². The molecule has 0 aliphatic carbocycles. The number of rotatable bonds is 6. The molecule has 1 unspecified atom stereocenters. The summed E-state index contributed by atoms with van der Waals surface area (Å²) in [5.41, 5.74) is 2.74. The van der Waals surface area contributed by atoms with Gasteiger partial charge in [-0.2, -0.15) is 0 Å². The lowest BCUT2D eigenvalue weighted by Gasteiger charge is -2.16. The van der Waals surface area contributed by atoms with Crippen LogP contribution in [0.5, 0.6) is 5.75 Å². The highest BCUT2D eigenvalue weighted by molar-refractivity contribution is 7.99. The minimum absolute atomic E-state index is 0.0632. The Hall–Kier alpha value is -1.98. The van der Waals surface area contributed by atoms with Crippen LogP contribution in [0.15, 0.2) is 59.5 Å². The van der Waals surface area contributed by atoms with Crippen LogP contribution in [0.2, 0.25) is 0 Å². The number of carbonyl (C=O) groups is 1. The number of benzene rings is 2. The van der Waals surface area contributed by atoms with Crippen molar-refractivity contribution in [3.8, 4) is 5.75 Å². The predicted octanol–water partition coefficient (Wildman–Crippen LogP) is 3.42. The number of nitrogens with one attached hydrogen (secondary N) is 1. The molecule has 110 valence electrons. The van der Waals surface area contributed by atoms with Gasteiger partial charge >= 0.3 is 0 Å². The van der Waals surface area contributed by atoms with Gasteiger partial charge in [-0.15, -0.1) is 11.8 Å². The first-order valence-corrected chi connectivity index (χ1v) is 7.39. The van der Waals surface area contributed by atoms with Crippen molar-refractivity contribution in [1.29, 1.82) is 0 Å². The number of hydroxylamine groups is 1. The number of thioether (sulfide) groups is 1. The molecule has 0 bridgehead atoms. The van der Waals surface area contributed by atoms with Crippen molar-refractivity contribution < 1.29 is 14.7 Å². The molecule has 1 amide bonds. The van der Waals surface area contributed by atoms with Crippen LogP contribution >= 0.6 is 11.8 Å². The summed E-state index contributed by atoms with van der Waals surface area (Å²) in [6, 6.07) is 17.4. The van der Waals surface area contributed by atoms with Gasteiger partial charge in [0, 0.05) is 16.6 Å². The van der Waals surface area contributed by atoms with Crippen LogP contribution in [0.3, 0.4) is 0 Å². The first-order valence-electron chi connectivity index (χ1n) is 6.51. The Morgan fingerprint density at radius 1 is 1.19 bits per heavy atom. The Kier molecular flexibility index (Phi) is 5.66. The lowest BCUT2D eigenvalue weighted by atomic mass is 10.1. The average Bonchev–Trinajstić information content (AvgIpc) is 2.55. The summed E-state index contributed by atoms with van der Waals surface area (Å²) in [4.78, 5) is 12.5. The second kappa shape index (κ2) is 7.71. The van der Waals surface area contributed by atoms with Gasteiger partial charge in [0.15, 0.2) is 0 Å². The van der Waals surface area contributed by atoms with Gasteiger partial charge in [0.1, 0.15) is 5.75 Å². The highest BCUT2D eigenvalue weighted by atomic mass is 32.2. The molecule has 0 fully saturated rings. The van der Waals surface area contributed by atoms with E-state index in [1.54, 1.807) is 24.4 Å². The van der Waals surface area contributed by atoms with E-state index in [-0.39, 0.29) is 11.7 Å². The fourth-order valence-electron chi connectivity index (χ4n) is 1.93. The van der Waals surface area contributed by atoms with E-state index in [2.05, 4.69) is 0 Å². The minimum Gasteiger partial charge on any atom is -0.497 e. The molecule has 0 heterocycles. The normalized spacial score (nSPS) is 11.7. The largest absolute Gasteiger partial charge is 0.497 e. The molecule has 0 radical (unpaired) electrons. The zero-order valence-corrected chi connectivity index (χ0v) is 12.5. The molecule has 5 heteroatoms. The molecule has 2 N–H and O–H groups in total. The Morgan fingerprint density at radius 3 is 2.43 bits per heavy atom. The third-order valence-electron chi connectivity index (χ3n) is 3.00. The third kappa shape index (κ3) is 4.51. The van der Waals surface area contributed by atoms with Gasteiger partial charge in [0.2, 0.25) is 5.91 Å². The monoisotopic (exact) mass is 303 g/mol. The third-order valence-corrected chi connectivity index (χ3v) is 4.27. The molecule has 0 saturated heterocycles. The average molecular weight is 303 g/mol. The maximum Gasteiger partial charge on any atom is 0.244 e. The van der Waals surface area contributed by atoms with Crippen molar-refractivity contribution in [3.05, 3.63) is 60.2 Å². The van der Waals surface area contributed by atoms with Crippen LogP contribution in [-0.2, 0) is 4.79 Å². The standard InChI is InChI=1S/C16H17NO3S/c1-20-13-7-9-14(10-8-13)21-15(11-16(18)17-19)12-5-3-2-4-6-12/h2-10,15,19H,11H2,1H3,(H,17,18). The van der Waals surface area contributed by atoms with Crippen LogP contribution < -0.4 is 10.2 Å². The van der Waals surface area contributed by atoms with Gasteiger partial charge in [-0.25, -0.2) is 5.48 Å². The number of hydrogen-bond donors (Lipinski definition) is 2. The lowest BCUT2D eigenvalue weighted by Crippen LogP contribution is -2.20. The second-order valence-electron chi connectivity index (χ2n) is 4.43. The Bertz CT molecular complexity index is 572. The molecular formula is C16H17NO3S. The Balaban J connectivity index is 2.16. The minimum atomic E-state index is -0.398. The van der Waals surface area contributed by atoms with E-state index in [1.807, 2.05) is 54.6 Å². The second-order valence-corrected chi connectivity index (χ2v) is 5.71. The van der Waals surface area contributed by atoms with Gasteiger partial charge in [-0.05, 0) is 29.8 Å². The summed E-state index contributed by atoms with van der Waals surface area (Å²) >= 11 is 1.58. The summed E-state index contributed by atoms with van der Waals surface area (Å²) in [5, 5.41) is 8.68. The molecule has 1 atom stereocenters. The number of carbonyl (C=O) groups excluding carboxylic acids is 1. The van der Waals surface area contributed by atoms with E-state index in [0.29, 0.717) is 0 Å². The van der Waals surface area contributed by atoms with Crippen LogP contribution in [0.25, 0.3) is 0 Å². The van der Waals surface area contributed by atoms with Gasteiger partial charge in [-0.1, -0.05) is 30.3 Å². The summed E-state index contributed by atoms with van der Waals surface area (Å²) in [6.45, 7) is 0. The highest BCUT2D eigenvalue weighted by Gasteiger charge is 2.17. The lowest BCUT2D eigenvalue weighted by molar-refractivity contribution is -0.129. The van der Waals surface area contributed by atoms with Crippen LogP contribution in [0.4, 0.5) is 0 Å². The van der Waals surface area contributed by atoms with Gasteiger partial charge in [0.25, 0.3) is 0 Å². The van der Waals surface area contributed by atoms with Crippen molar-refractivity contribution in [2.45, 2.75) is 16.6 Å². The summed E-state index contributed by atoms with van der Waals surface area (Å²) in [7, 11) is 1.63. The van der Waals surface area contributed by atoms with E-state index >= 15 is 0 Å². The van der Waals surface area contributed by atoms with Crippen molar-refractivity contribution in [3.63, 3.8) is 0 Å². The highest BCUT2D eigenvalue weighted by Crippen LogP contribution is 2.38. The number of hydrogen-bond acceptors (Lipinski definition) is 4. The van der Waals surface area contributed by atoms with Gasteiger partial charge in [-0.3, -0.25) is 10.0 Å². The quantitative estimate of drug-likeness (QED) is 0.488. The number of ether oxygens (including phenoxy) is 1. The van der Waals surface area contributed by atoms with Crippen LogP contribution in [0.1, 0.15) is 17.2 Å². The van der Waals surface area contributed by atoms with Crippen molar-refractivity contribution >= 4 is 17.7 Å². The summed E-state index contributed by atoms with van der Waals surface area (Å²) in [6.07, 6.45) is 0.206. The predicted molar refractivity (Wildman–Crippen MR) is 82.6 cm³/mol. The Morgan fingerprint density at radius 2 is 1.86 bits per heavy atom. The van der Waals surface area contributed by atoms with Gasteiger partial charge < -0.3 is 4.74 Å². The SMILES string of the molecule is COc1ccc(SC(CC(=O)NO)c2ccccc2)cc1. The molecule has 21 heavy (non-hydrogen) atoms. The molecule has 2 rings (SSSR count). The Labute approximate surface area is 128 Å². The van der Waals surface area contributed by atoms with E-state index in [9.17, 15) is 4.79 Å². The topological polar surface area (TPSA) is 58.6 Å². The molecule has 0 saturated carbocycles. The summed E-state index contributed by atoms with van der Waals surface area (Å²) in [5.74, 6) is 0.397. The maximum atomic E-state index is 11.5. The molecule has 0 aliphatic heterocycles. The van der Waals surface area contributed by atoms with E-state index in [0.717, 1.165) is 16.2 Å². The molecule has 2 aromatic carbocycles. The van der Waals surface area contributed by atoms with Crippen LogP contribution in [-0.4, -0.2) is 18.2 Å². The molecule has 2 aromatic rings. The molecule has 0 aliphatic rings. The van der Waals surface area contributed by atoms with E-state index < -0.39 is 5.91 Å². The smallest absolute Gasteiger partial charge is 0.244 e. The number of amides is 1. The summed E-state index contributed by atoms with van der Waals surface area (Å²) < 4.78 is 5.13. The van der Waals surface area contributed by atoms with Gasteiger partial charge in [0.05, 0.1) is 7.11 Å². The van der Waals surface area contributed by atoms with Crippen molar-refractivity contribution in [2.75, 3.05) is 7.11 Å².